The molecule has 0 heterocycles. The normalized spacial score (nSPS) is 9.92. The van der Waals surface area contributed by atoms with E-state index >= 15 is 0 Å². The van der Waals surface area contributed by atoms with Crippen molar-refractivity contribution in [2.75, 3.05) is 0 Å². The second-order valence-corrected chi connectivity index (χ2v) is 3.24. The molecule has 0 saturated heterocycles. The van der Waals surface area contributed by atoms with E-state index in [1.165, 1.54) is 0 Å². The van der Waals surface area contributed by atoms with Crippen LogP contribution in [0.2, 0.25) is 0 Å². The highest BCUT2D eigenvalue weighted by molar-refractivity contribution is 5.82. The van der Waals surface area contributed by atoms with Crippen LogP contribution in [0.25, 0.3) is 0 Å². The molecule has 0 rings (SSSR count). The average Bonchev–Trinajstić information content (AvgIpc) is 2.09. The lowest BCUT2D eigenvalue weighted by Crippen LogP contribution is -2.02. The van der Waals surface area contributed by atoms with Crippen LogP contribution in [0.1, 0.15) is 51.9 Å². The summed E-state index contributed by atoms with van der Waals surface area (Å²) in [5.74, 6) is -0.805. The van der Waals surface area contributed by atoms with E-state index in [1.54, 1.807) is 0 Å². The number of aliphatic carboxylic acids is 1. The molecule has 76 valence electrons. The second-order valence-electron chi connectivity index (χ2n) is 3.24. The molecule has 3 nitrogen and oxygen atoms in total. The molecule has 0 aromatic rings. The van der Waals surface area contributed by atoms with Crippen LogP contribution in [-0.4, -0.2) is 16.9 Å². The van der Waals surface area contributed by atoms with Gasteiger partial charge in [-0.2, -0.15) is 0 Å². The molecule has 1 N–H and O–H groups in total. The second kappa shape index (κ2) is 7.77. The molecule has 0 fully saturated rings. The van der Waals surface area contributed by atoms with Crippen molar-refractivity contribution in [3.63, 3.8) is 0 Å². The van der Waals surface area contributed by atoms with Crippen molar-refractivity contribution in [1.82, 2.24) is 0 Å². The lowest BCUT2D eigenvalue weighted by Gasteiger charge is -1.98. The number of Topliss-reactive ketones (excluding diaryl/α,β-unsaturated/α-hetero) is 1. The number of carboxylic acids is 1. The largest absolute Gasteiger partial charge is 0.481 e. The van der Waals surface area contributed by atoms with Gasteiger partial charge in [0.25, 0.3) is 0 Å². The van der Waals surface area contributed by atoms with Gasteiger partial charge in [0.1, 0.15) is 5.78 Å². The summed E-state index contributed by atoms with van der Waals surface area (Å²) in [5, 5.41) is 8.32. The van der Waals surface area contributed by atoms with E-state index in [9.17, 15) is 9.59 Å². The number of rotatable bonds is 8. The number of hydrogen-bond acceptors (Lipinski definition) is 2. The first-order valence-electron chi connectivity index (χ1n) is 4.90. The summed E-state index contributed by atoms with van der Waals surface area (Å²) in [5.41, 5.74) is 0. The lowest BCUT2D eigenvalue weighted by molar-refractivity contribution is -0.138. The first kappa shape index (κ1) is 12.1. The first-order chi connectivity index (χ1) is 6.16. The highest BCUT2D eigenvalue weighted by atomic mass is 16.4. The third-order valence-corrected chi connectivity index (χ3v) is 1.93. The monoisotopic (exact) mass is 186 g/mol. The van der Waals surface area contributed by atoms with Gasteiger partial charge in [-0.25, -0.2) is 0 Å². The lowest BCUT2D eigenvalue weighted by atomic mass is 10.1. The molecule has 0 aromatic heterocycles. The Morgan fingerprint density at radius 1 is 1.00 bits per heavy atom. The van der Waals surface area contributed by atoms with E-state index in [0.29, 0.717) is 6.42 Å². The van der Waals surface area contributed by atoms with Gasteiger partial charge in [-0.15, -0.1) is 0 Å². The topological polar surface area (TPSA) is 54.4 Å². The number of hydrogen-bond donors (Lipinski definition) is 1. The van der Waals surface area contributed by atoms with E-state index < -0.39 is 5.97 Å². The molecule has 13 heavy (non-hydrogen) atoms. The predicted molar refractivity (Wildman–Crippen MR) is 50.6 cm³/mol. The maximum atomic E-state index is 11.0. The maximum Gasteiger partial charge on any atom is 0.303 e. The van der Waals surface area contributed by atoms with Crippen LogP contribution in [0.15, 0.2) is 0 Å². The van der Waals surface area contributed by atoms with Crippen LogP contribution < -0.4 is 0 Å². The van der Waals surface area contributed by atoms with Crippen molar-refractivity contribution >= 4 is 11.8 Å². The minimum Gasteiger partial charge on any atom is -0.481 e. The van der Waals surface area contributed by atoms with Gasteiger partial charge in [0.05, 0.1) is 6.42 Å². The van der Waals surface area contributed by atoms with Crippen molar-refractivity contribution < 1.29 is 14.7 Å². The van der Waals surface area contributed by atoms with Crippen molar-refractivity contribution in [1.29, 1.82) is 0 Å². The molecular formula is C10H18O3. The van der Waals surface area contributed by atoms with Crippen LogP contribution in [-0.2, 0) is 9.59 Å². The quantitative estimate of drug-likeness (QED) is 0.592. The van der Waals surface area contributed by atoms with Crippen molar-refractivity contribution in [3.8, 4) is 0 Å². The van der Waals surface area contributed by atoms with Crippen molar-refractivity contribution in [2.45, 2.75) is 51.9 Å². The molecule has 0 aliphatic heterocycles. The molecule has 0 spiro atoms. The molecule has 0 aliphatic rings. The number of ketones is 1. The molecule has 0 amide bonds. The van der Waals surface area contributed by atoms with Gasteiger partial charge in [-0.1, -0.05) is 26.2 Å². The van der Waals surface area contributed by atoms with Gasteiger partial charge in [-0.3, -0.25) is 9.59 Å². The minimum atomic E-state index is -0.887. The van der Waals surface area contributed by atoms with E-state index in [1.807, 2.05) is 0 Å². The van der Waals surface area contributed by atoms with Crippen molar-refractivity contribution in [3.05, 3.63) is 0 Å². The zero-order chi connectivity index (χ0) is 10.1. The minimum absolute atomic E-state index is 0.0212. The van der Waals surface area contributed by atoms with Gasteiger partial charge in [0, 0.05) is 12.8 Å². The first-order valence-corrected chi connectivity index (χ1v) is 4.90. The molecule has 0 saturated carbocycles. The highest BCUT2D eigenvalue weighted by Gasteiger charge is 2.04. The highest BCUT2D eigenvalue weighted by Crippen LogP contribution is 2.05. The zero-order valence-electron chi connectivity index (χ0n) is 8.21. The summed E-state index contributed by atoms with van der Waals surface area (Å²) in [6.07, 6.45) is 5.03. The SMILES string of the molecule is CCCCCCC(=O)CCC(=O)O. The summed E-state index contributed by atoms with van der Waals surface area (Å²) >= 11 is 0. The number of carbonyl (C=O) groups excluding carboxylic acids is 1. The van der Waals surface area contributed by atoms with E-state index in [2.05, 4.69) is 6.92 Å². The Morgan fingerprint density at radius 2 is 1.69 bits per heavy atom. The Morgan fingerprint density at radius 3 is 2.23 bits per heavy atom. The van der Waals surface area contributed by atoms with Crippen LogP contribution in [0, 0.1) is 0 Å². The van der Waals surface area contributed by atoms with Gasteiger partial charge in [-0.05, 0) is 6.42 Å². The zero-order valence-corrected chi connectivity index (χ0v) is 8.21. The standard InChI is InChI=1S/C10H18O3/c1-2-3-4-5-6-9(11)7-8-10(12)13/h2-8H2,1H3,(H,12,13). The molecule has 0 bridgehead atoms. The Balaban J connectivity index is 3.25. The maximum absolute atomic E-state index is 11.0. The predicted octanol–water partition coefficient (Wildman–Crippen LogP) is 2.39. The fourth-order valence-electron chi connectivity index (χ4n) is 1.12. The Hall–Kier alpha value is -0.860. The third-order valence-electron chi connectivity index (χ3n) is 1.93. The molecular weight excluding hydrogens is 168 g/mol. The molecule has 0 atom stereocenters. The number of carboxylic acid groups (broad SMARTS) is 1. The van der Waals surface area contributed by atoms with E-state index in [4.69, 9.17) is 5.11 Å². The van der Waals surface area contributed by atoms with Gasteiger partial charge in [0.15, 0.2) is 0 Å². The fourth-order valence-corrected chi connectivity index (χ4v) is 1.12. The summed E-state index contributed by atoms with van der Waals surface area (Å²) in [6.45, 7) is 2.12. The summed E-state index contributed by atoms with van der Waals surface area (Å²) < 4.78 is 0. The summed E-state index contributed by atoms with van der Waals surface area (Å²) in [6, 6.07) is 0. The number of carbonyl (C=O) groups is 2. The van der Waals surface area contributed by atoms with Crippen LogP contribution >= 0.6 is 0 Å². The van der Waals surface area contributed by atoms with Crippen LogP contribution in [0.4, 0.5) is 0 Å². The molecule has 3 heteroatoms. The van der Waals surface area contributed by atoms with Crippen molar-refractivity contribution in [2.24, 2.45) is 0 Å². The third kappa shape index (κ3) is 9.05. The van der Waals surface area contributed by atoms with E-state index in [0.717, 1.165) is 25.7 Å². The number of unbranched alkanes of at least 4 members (excludes halogenated alkanes) is 3. The Bertz CT molecular complexity index is 164. The Kier molecular flexibility index (Phi) is 7.26. The Labute approximate surface area is 79.1 Å². The molecule has 0 aliphatic carbocycles. The van der Waals surface area contributed by atoms with Crippen LogP contribution in [0.3, 0.4) is 0 Å². The summed E-state index contributed by atoms with van der Waals surface area (Å²) in [4.78, 5) is 21.2. The molecule has 0 radical (unpaired) electrons. The van der Waals surface area contributed by atoms with Gasteiger partial charge < -0.3 is 5.11 Å². The molecule has 0 unspecified atom stereocenters. The van der Waals surface area contributed by atoms with Gasteiger partial charge in [0.2, 0.25) is 0 Å². The molecule has 0 aromatic carbocycles. The van der Waals surface area contributed by atoms with Gasteiger partial charge >= 0.3 is 5.97 Å². The average molecular weight is 186 g/mol. The van der Waals surface area contributed by atoms with Crippen LogP contribution in [0.5, 0.6) is 0 Å². The van der Waals surface area contributed by atoms with E-state index in [-0.39, 0.29) is 18.6 Å². The fraction of sp³-hybridized carbons (Fsp3) is 0.800. The summed E-state index contributed by atoms with van der Waals surface area (Å²) in [7, 11) is 0. The smallest absolute Gasteiger partial charge is 0.303 e.